The van der Waals surface area contributed by atoms with Gasteiger partial charge in [-0.1, -0.05) is 30.0 Å². The fourth-order valence-corrected chi connectivity index (χ4v) is 8.14. The molecule has 2 saturated heterocycles. The number of fused-ring (bicyclic) bond motifs is 2. The molecule has 280 valence electrons. The number of carbonyl (C=O) groups excluding carboxylic acids is 5. The molecule has 1 unspecified atom stereocenters. The molecule has 13 nitrogen and oxygen atoms in total. The maximum Gasteiger partial charge on any atom is 0.262 e. The first-order chi connectivity index (χ1) is 26.7. The summed E-state index contributed by atoms with van der Waals surface area (Å²) in [6.07, 6.45) is 5.68. The Morgan fingerprint density at radius 2 is 1.64 bits per heavy atom. The number of benzene rings is 3. The topological polar surface area (TPSA) is 148 Å². The van der Waals surface area contributed by atoms with Crippen LogP contribution in [-0.4, -0.2) is 100 Å². The predicted octanol–water partition coefficient (Wildman–Crippen LogP) is 3.98. The van der Waals surface area contributed by atoms with Crippen LogP contribution in [0.2, 0.25) is 0 Å². The van der Waals surface area contributed by atoms with Gasteiger partial charge in [0.25, 0.3) is 11.8 Å². The third-order valence-corrected chi connectivity index (χ3v) is 11.1. The molecule has 4 aromatic rings. The van der Waals surface area contributed by atoms with Crippen LogP contribution in [0, 0.1) is 11.8 Å². The summed E-state index contributed by atoms with van der Waals surface area (Å²) in [7, 11) is 0. The lowest BCUT2D eigenvalue weighted by atomic mass is 9.89. The average Bonchev–Trinajstić information content (AvgIpc) is 3.44. The number of nitrogens with zero attached hydrogens (tertiary/aromatic N) is 6. The monoisotopic (exact) mass is 738 g/mol. The van der Waals surface area contributed by atoms with Crippen molar-refractivity contribution >= 4 is 57.8 Å². The molecule has 0 spiro atoms. The molecule has 2 N–H and O–H groups in total. The molecule has 8 rings (SSSR count). The maximum absolute atomic E-state index is 13.2. The summed E-state index contributed by atoms with van der Waals surface area (Å²) >= 11 is 0. The Morgan fingerprint density at radius 3 is 2.38 bits per heavy atom. The van der Waals surface area contributed by atoms with Crippen molar-refractivity contribution in [2.45, 2.75) is 63.6 Å². The Labute approximate surface area is 319 Å². The first-order valence-corrected chi connectivity index (χ1v) is 18.9. The second-order valence-corrected chi connectivity index (χ2v) is 14.6. The van der Waals surface area contributed by atoms with Gasteiger partial charge in [-0.15, -0.1) is 0 Å². The molecule has 0 radical (unpaired) electrons. The van der Waals surface area contributed by atoms with Crippen LogP contribution in [0.1, 0.15) is 71.7 Å². The largest absolute Gasteiger partial charge is 0.369 e. The molecule has 1 aliphatic carbocycles. The fourth-order valence-electron chi connectivity index (χ4n) is 8.14. The van der Waals surface area contributed by atoms with Crippen molar-refractivity contribution in [2.75, 3.05) is 47.8 Å². The van der Waals surface area contributed by atoms with E-state index in [4.69, 9.17) is 0 Å². The van der Waals surface area contributed by atoms with Gasteiger partial charge in [-0.05, 0) is 80.6 Å². The van der Waals surface area contributed by atoms with Gasteiger partial charge < -0.3 is 15.1 Å². The second-order valence-electron chi connectivity index (χ2n) is 14.6. The van der Waals surface area contributed by atoms with Crippen molar-refractivity contribution in [3.63, 3.8) is 0 Å². The summed E-state index contributed by atoms with van der Waals surface area (Å²) in [5.74, 6) is 4.92. The van der Waals surface area contributed by atoms with E-state index in [2.05, 4.69) is 66.5 Å². The minimum atomic E-state index is -0.996. The van der Waals surface area contributed by atoms with Crippen LogP contribution in [0.25, 0.3) is 10.9 Å². The van der Waals surface area contributed by atoms with E-state index < -0.39 is 29.7 Å². The number of para-hydroxylation sites is 1. The SMILES string of the molecule is CC(=O)N(c1ccc(N2CCN(CC#Cc3ccc4c(c3)C(=O)N(C3CCC(=O)NC3=O)C4=O)CC2)cc1)C1CCC(Nc2ncc3ccccc3n2)CC1. The smallest absolute Gasteiger partial charge is 0.262 e. The maximum atomic E-state index is 13.2. The van der Waals surface area contributed by atoms with Crippen molar-refractivity contribution in [2.24, 2.45) is 0 Å². The zero-order chi connectivity index (χ0) is 38.1. The number of hydrogen-bond acceptors (Lipinski definition) is 10. The molecule has 13 heteroatoms. The average molecular weight is 739 g/mol. The minimum Gasteiger partial charge on any atom is -0.369 e. The van der Waals surface area contributed by atoms with Crippen LogP contribution < -0.4 is 20.4 Å². The third-order valence-electron chi connectivity index (χ3n) is 11.1. The summed E-state index contributed by atoms with van der Waals surface area (Å²) in [6.45, 7) is 5.53. The van der Waals surface area contributed by atoms with E-state index in [-0.39, 0.29) is 42.0 Å². The number of aromatic nitrogens is 2. The summed E-state index contributed by atoms with van der Waals surface area (Å²) in [5.41, 5.74) is 4.03. The zero-order valence-electron chi connectivity index (χ0n) is 30.7. The lowest BCUT2D eigenvalue weighted by Crippen LogP contribution is -2.54. The highest BCUT2D eigenvalue weighted by Crippen LogP contribution is 2.31. The second kappa shape index (κ2) is 15.3. The van der Waals surface area contributed by atoms with Crippen LogP contribution in [-0.2, 0) is 14.4 Å². The van der Waals surface area contributed by atoms with Crippen LogP contribution in [0.15, 0.2) is 72.9 Å². The number of piperazine rings is 1. The highest BCUT2D eigenvalue weighted by Gasteiger charge is 2.44. The van der Waals surface area contributed by atoms with Crippen molar-refractivity contribution in [3.8, 4) is 11.8 Å². The summed E-state index contributed by atoms with van der Waals surface area (Å²) < 4.78 is 0. The summed E-state index contributed by atoms with van der Waals surface area (Å²) in [6, 6.07) is 20.6. The van der Waals surface area contributed by atoms with Crippen LogP contribution in [0.5, 0.6) is 0 Å². The van der Waals surface area contributed by atoms with E-state index in [1.54, 1.807) is 25.1 Å². The molecule has 1 atom stereocenters. The Bertz CT molecular complexity index is 2230. The highest BCUT2D eigenvalue weighted by atomic mass is 16.2. The molecule has 4 aliphatic rings. The quantitative estimate of drug-likeness (QED) is 0.211. The number of amides is 5. The molecule has 3 aliphatic heterocycles. The van der Waals surface area contributed by atoms with Crippen molar-refractivity contribution in [1.82, 2.24) is 25.1 Å². The lowest BCUT2D eigenvalue weighted by molar-refractivity contribution is -0.136. The van der Waals surface area contributed by atoms with Gasteiger partial charge >= 0.3 is 0 Å². The normalized spacial score (nSPS) is 21.5. The number of piperidine rings is 1. The molecule has 4 heterocycles. The molecule has 1 aromatic heterocycles. The lowest BCUT2D eigenvalue weighted by Gasteiger charge is -2.37. The van der Waals surface area contributed by atoms with E-state index in [0.29, 0.717) is 18.1 Å². The molecule has 3 fully saturated rings. The molecular weight excluding hydrogens is 697 g/mol. The van der Waals surface area contributed by atoms with Gasteiger partial charge in [-0.3, -0.25) is 39.1 Å². The number of nitrogens with one attached hydrogen (secondary N) is 2. The number of anilines is 3. The van der Waals surface area contributed by atoms with Gasteiger partial charge in [0, 0.05) is 80.1 Å². The Hall–Kier alpha value is -6.13. The Balaban J connectivity index is 0.819. The van der Waals surface area contributed by atoms with Gasteiger partial charge in [0.05, 0.1) is 23.2 Å². The van der Waals surface area contributed by atoms with E-state index in [9.17, 15) is 24.0 Å². The fraction of sp³-hybridized carbons (Fsp3) is 0.357. The van der Waals surface area contributed by atoms with Crippen LogP contribution in [0.4, 0.5) is 17.3 Å². The standard InChI is InChI=1S/C42H42N8O5/c1-27(51)49(32-11-9-30(10-12-32)44-42-43-26-29-6-2-3-7-36(29)45-42)33-15-13-31(14-16-33)48-23-21-47(22-24-48)20-4-5-28-8-17-34-35(25-28)41(55)50(40(34)54)37-18-19-38(52)46-39(37)53/h2-3,6-8,13-17,25-26,30,32,37H,9-12,18-24H2,1H3,(H,43,44,45)(H,46,52,53). The molecule has 1 saturated carbocycles. The van der Waals surface area contributed by atoms with Gasteiger partial charge in [0.1, 0.15) is 6.04 Å². The Kier molecular flexibility index (Phi) is 9.99. The van der Waals surface area contributed by atoms with Gasteiger partial charge in [0.15, 0.2) is 0 Å². The molecule has 55 heavy (non-hydrogen) atoms. The first kappa shape index (κ1) is 35.9. The number of rotatable bonds is 7. The number of imide groups is 2. The molecule has 5 amide bonds. The van der Waals surface area contributed by atoms with E-state index in [1.807, 2.05) is 35.4 Å². The highest BCUT2D eigenvalue weighted by molar-refractivity contribution is 6.23. The van der Waals surface area contributed by atoms with Gasteiger partial charge in [0.2, 0.25) is 23.7 Å². The van der Waals surface area contributed by atoms with E-state index >= 15 is 0 Å². The van der Waals surface area contributed by atoms with Crippen molar-refractivity contribution in [3.05, 3.63) is 89.6 Å². The third kappa shape index (κ3) is 7.50. The molecular formula is C42H42N8O5. The zero-order valence-corrected chi connectivity index (χ0v) is 30.7. The van der Waals surface area contributed by atoms with Crippen LogP contribution >= 0.6 is 0 Å². The van der Waals surface area contributed by atoms with Crippen LogP contribution in [0.3, 0.4) is 0 Å². The number of hydrogen-bond donors (Lipinski definition) is 2. The summed E-state index contributed by atoms with van der Waals surface area (Å²) in [4.78, 5) is 79.7. The first-order valence-electron chi connectivity index (χ1n) is 18.9. The minimum absolute atomic E-state index is 0.0471. The Morgan fingerprint density at radius 1 is 0.891 bits per heavy atom. The molecule has 0 bridgehead atoms. The van der Waals surface area contributed by atoms with Gasteiger partial charge in [-0.2, -0.15) is 0 Å². The van der Waals surface area contributed by atoms with E-state index in [1.165, 1.54) is 0 Å². The van der Waals surface area contributed by atoms with E-state index in [0.717, 1.165) is 79.0 Å². The summed E-state index contributed by atoms with van der Waals surface area (Å²) in [5, 5.41) is 6.74. The predicted molar refractivity (Wildman–Crippen MR) is 207 cm³/mol. The van der Waals surface area contributed by atoms with Crippen molar-refractivity contribution in [1.29, 1.82) is 0 Å². The van der Waals surface area contributed by atoms with Crippen molar-refractivity contribution < 1.29 is 24.0 Å². The number of carbonyl (C=O) groups is 5. The van der Waals surface area contributed by atoms with Gasteiger partial charge in [-0.25, -0.2) is 9.97 Å². The molecule has 3 aromatic carbocycles.